The van der Waals surface area contributed by atoms with E-state index in [9.17, 15) is 18.8 Å². The van der Waals surface area contributed by atoms with Crippen molar-refractivity contribution in [1.29, 1.82) is 0 Å². The van der Waals surface area contributed by atoms with Gasteiger partial charge in [-0.3, -0.25) is 9.59 Å². The van der Waals surface area contributed by atoms with Crippen LogP contribution in [0.2, 0.25) is 0 Å². The number of methoxy groups -OCH3 is 1. The lowest BCUT2D eigenvalue weighted by molar-refractivity contribution is 0.0591. The molecule has 1 heterocycles. The first-order valence-electron chi connectivity index (χ1n) is 9.16. The highest BCUT2D eigenvalue weighted by atomic mass is 19.1. The van der Waals surface area contributed by atoms with Crippen LogP contribution in [0.15, 0.2) is 24.3 Å². The molecule has 2 aromatic rings. The molecule has 1 aliphatic rings. The second-order valence-corrected chi connectivity index (χ2v) is 7.11. The largest absolute Gasteiger partial charge is 0.464 e. The van der Waals surface area contributed by atoms with Crippen LogP contribution in [0.4, 0.5) is 4.39 Å². The molecule has 1 unspecified atom stereocenters. The van der Waals surface area contributed by atoms with Crippen molar-refractivity contribution < 1.29 is 23.5 Å². The maximum Gasteiger partial charge on any atom is 0.354 e. The SMILES string of the molecule is COC(=O)c1[nH]c(C)c(C(=O)C(C)N(C(=O)c2cccc(F)c2)C2CC2)c1C. The minimum Gasteiger partial charge on any atom is -0.464 e. The standard InChI is InChI=1S/C21H23FN2O4/c1-11-17(12(2)23-18(11)21(27)28-4)19(25)13(3)24(16-8-9-16)20(26)14-6-5-7-15(22)10-14/h5-7,10,13,16,23H,8-9H2,1-4H3. The number of carbonyl (C=O) groups is 3. The summed E-state index contributed by atoms with van der Waals surface area (Å²) in [5, 5.41) is 0. The Hall–Kier alpha value is -2.96. The number of aryl methyl sites for hydroxylation is 1. The predicted octanol–water partition coefficient (Wildman–Crippen LogP) is 3.43. The van der Waals surface area contributed by atoms with Crippen LogP contribution in [0.5, 0.6) is 0 Å². The zero-order valence-corrected chi connectivity index (χ0v) is 16.3. The molecule has 1 aromatic heterocycles. The number of hydrogen-bond donors (Lipinski definition) is 1. The number of nitrogens with zero attached hydrogens (tertiary/aromatic N) is 1. The number of hydrogen-bond acceptors (Lipinski definition) is 4. The molecular formula is C21H23FN2O4. The molecule has 0 spiro atoms. The molecule has 7 heteroatoms. The third-order valence-electron chi connectivity index (χ3n) is 5.12. The number of aromatic nitrogens is 1. The van der Waals surface area contributed by atoms with Gasteiger partial charge in [-0.05, 0) is 57.4 Å². The number of esters is 1. The molecule has 0 aliphatic heterocycles. The second-order valence-electron chi connectivity index (χ2n) is 7.11. The molecule has 1 atom stereocenters. The zero-order chi connectivity index (χ0) is 20.6. The summed E-state index contributed by atoms with van der Waals surface area (Å²) < 4.78 is 18.3. The number of aromatic amines is 1. The van der Waals surface area contributed by atoms with Crippen LogP contribution in [-0.4, -0.2) is 46.7 Å². The van der Waals surface area contributed by atoms with Crippen LogP contribution in [0.1, 0.15) is 62.2 Å². The average Bonchev–Trinajstić information content (AvgIpc) is 3.45. The van der Waals surface area contributed by atoms with Crippen LogP contribution >= 0.6 is 0 Å². The first-order chi connectivity index (χ1) is 13.3. The van der Waals surface area contributed by atoms with Crippen molar-refractivity contribution in [3.05, 3.63) is 58.2 Å². The first kappa shape index (κ1) is 19.8. The van der Waals surface area contributed by atoms with Crippen molar-refractivity contribution in [3.63, 3.8) is 0 Å². The average molecular weight is 386 g/mol. The summed E-state index contributed by atoms with van der Waals surface area (Å²) in [6.07, 6.45) is 1.61. The fraction of sp³-hybridized carbons (Fsp3) is 0.381. The normalized spacial score (nSPS) is 14.5. The molecule has 0 saturated heterocycles. The molecule has 1 aliphatic carbocycles. The lowest BCUT2D eigenvalue weighted by Crippen LogP contribution is -2.45. The van der Waals surface area contributed by atoms with Gasteiger partial charge in [-0.2, -0.15) is 0 Å². The Morgan fingerprint density at radius 1 is 1.25 bits per heavy atom. The maximum absolute atomic E-state index is 13.6. The van der Waals surface area contributed by atoms with Gasteiger partial charge in [0.25, 0.3) is 5.91 Å². The molecule has 1 fully saturated rings. The lowest BCUT2D eigenvalue weighted by Gasteiger charge is -2.29. The number of halogens is 1. The topological polar surface area (TPSA) is 79.5 Å². The number of H-pyrrole nitrogens is 1. The molecule has 1 aromatic carbocycles. The Morgan fingerprint density at radius 2 is 1.93 bits per heavy atom. The van der Waals surface area contributed by atoms with Gasteiger partial charge >= 0.3 is 5.97 Å². The molecule has 1 N–H and O–H groups in total. The van der Waals surface area contributed by atoms with Crippen molar-refractivity contribution >= 4 is 17.7 Å². The van der Waals surface area contributed by atoms with E-state index in [1.54, 1.807) is 26.8 Å². The Labute approximate surface area is 162 Å². The fourth-order valence-electron chi connectivity index (χ4n) is 3.54. The smallest absolute Gasteiger partial charge is 0.354 e. The number of ketones is 1. The quantitative estimate of drug-likeness (QED) is 0.609. The molecule has 0 bridgehead atoms. The van der Waals surface area contributed by atoms with Crippen LogP contribution < -0.4 is 0 Å². The van der Waals surface area contributed by atoms with Crippen molar-refractivity contribution in [2.45, 2.75) is 45.7 Å². The molecule has 3 rings (SSSR count). The van der Waals surface area contributed by atoms with Gasteiger partial charge in [0, 0.05) is 22.9 Å². The molecule has 148 valence electrons. The number of rotatable bonds is 6. The van der Waals surface area contributed by atoms with E-state index in [-0.39, 0.29) is 29.0 Å². The third-order valence-corrected chi connectivity index (χ3v) is 5.12. The van der Waals surface area contributed by atoms with E-state index in [4.69, 9.17) is 4.74 Å². The Kier molecular flexibility index (Phi) is 5.36. The Balaban J connectivity index is 1.94. The van der Waals surface area contributed by atoms with Crippen LogP contribution in [0, 0.1) is 19.7 Å². The fourth-order valence-corrected chi connectivity index (χ4v) is 3.54. The predicted molar refractivity (Wildman–Crippen MR) is 101 cm³/mol. The summed E-state index contributed by atoms with van der Waals surface area (Å²) in [7, 11) is 1.27. The van der Waals surface area contributed by atoms with Gasteiger partial charge in [0.2, 0.25) is 0 Å². The van der Waals surface area contributed by atoms with Crippen molar-refractivity contribution in [1.82, 2.24) is 9.88 Å². The van der Waals surface area contributed by atoms with E-state index < -0.39 is 17.8 Å². The minimum atomic E-state index is -0.748. The van der Waals surface area contributed by atoms with E-state index >= 15 is 0 Å². The first-order valence-corrected chi connectivity index (χ1v) is 9.16. The summed E-state index contributed by atoms with van der Waals surface area (Å²) in [4.78, 5) is 42.6. The van der Waals surface area contributed by atoms with Gasteiger partial charge in [-0.15, -0.1) is 0 Å². The zero-order valence-electron chi connectivity index (χ0n) is 16.3. The van der Waals surface area contributed by atoms with E-state index in [1.165, 1.54) is 30.2 Å². The summed E-state index contributed by atoms with van der Waals surface area (Å²) in [6, 6.07) is 4.67. The van der Waals surface area contributed by atoms with Gasteiger partial charge in [0.15, 0.2) is 5.78 Å². The molecule has 1 amide bonds. The van der Waals surface area contributed by atoms with Crippen LogP contribution in [-0.2, 0) is 4.74 Å². The van der Waals surface area contributed by atoms with E-state index in [2.05, 4.69) is 4.98 Å². The van der Waals surface area contributed by atoms with Gasteiger partial charge in [0.1, 0.15) is 11.5 Å². The number of amides is 1. The number of carbonyl (C=O) groups excluding carboxylic acids is 3. The molecule has 0 radical (unpaired) electrons. The summed E-state index contributed by atoms with van der Waals surface area (Å²) in [5.41, 5.74) is 1.86. The van der Waals surface area contributed by atoms with E-state index in [0.29, 0.717) is 16.8 Å². The van der Waals surface area contributed by atoms with Crippen molar-refractivity contribution in [3.8, 4) is 0 Å². The molecule has 6 nitrogen and oxygen atoms in total. The van der Waals surface area contributed by atoms with Crippen LogP contribution in [0.25, 0.3) is 0 Å². The summed E-state index contributed by atoms with van der Waals surface area (Å²) in [6.45, 7) is 5.04. The monoisotopic (exact) mass is 386 g/mol. The van der Waals surface area contributed by atoms with E-state index in [1.807, 2.05) is 0 Å². The van der Waals surface area contributed by atoms with Gasteiger partial charge in [0.05, 0.1) is 13.2 Å². The van der Waals surface area contributed by atoms with Gasteiger partial charge in [-0.1, -0.05) is 6.07 Å². The van der Waals surface area contributed by atoms with Crippen LogP contribution in [0.3, 0.4) is 0 Å². The summed E-state index contributed by atoms with van der Waals surface area (Å²) in [5.74, 6) is -1.69. The van der Waals surface area contributed by atoms with Gasteiger partial charge in [-0.25, -0.2) is 9.18 Å². The number of Topliss-reactive ketones (excluding diaryl/α,β-unsaturated/α-hetero) is 1. The Morgan fingerprint density at radius 3 is 2.50 bits per heavy atom. The third kappa shape index (κ3) is 3.56. The second kappa shape index (κ2) is 7.58. The van der Waals surface area contributed by atoms with Crippen molar-refractivity contribution in [2.24, 2.45) is 0 Å². The highest BCUT2D eigenvalue weighted by Gasteiger charge is 2.40. The summed E-state index contributed by atoms with van der Waals surface area (Å²) >= 11 is 0. The number of nitrogens with one attached hydrogen (secondary N) is 1. The Bertz CT molecular complexity index is 946. The lowest BCUT2D eigenvalue weighted by atomic mass is 9.99. The van der Waals surface area contributed by atoms with Crippen molar-refractivity contribution in [2.75, 3.05) is 7.11 Å². The molecule has 1 saturated carbocycles. The number of ether oxygens (including phenoxy) is 1. The highest BCUT2D eigenvalue weighted by molar-refractivity contribution is 6.07. The minimum absolute atomic E-state index is 0.0469. The number of benzene rings is 1. The van der Waals surface area contributed by atoms with E-state index in [0.717, 1.165) is 12.8 Å². The molecule has 28 heavy (non-hydrogen) atoms. The molecular weight excluding hydrogens is 363 g/mol. The highest BCUT2D eigenvalue weighted by Crippen LogP contribution is 2.32. The van der Waals surface area contributed by atoms with Gasteiger partial charge < -0.3 is 14.6 Å². The maximum atomic E-state index is 13.6.